The molecule has 0 aromatic heterocycles. The van der Waals surface area contributed by atoms with E-state index in [1.54, 1.807) is 11.9 Å². The van der Waals surface area contributed by atoms with Crippen LogP contribution in [-0.4, -0.2) is 62.1 Å². The van der Waals surface area contributed by atoms with Gasteiger partial charge in [-0.15, -0.1) is 0 Å². The smallest absolute Gasteiger partial charge is 0.246 e. The van der Waals surface area contributed by atoms with E-state index in [0.29, 0.717) is 6.54 Å². The number of amides is 2. The quantitative estimate of drug-likeness (QED) is 0.625. The lowest BCUT2D eigenvalue weighted by Gasteiger charge is -2.38. The second-order valence-electron chi connectivity index (χ2n) is 4.53. The van der Waals surface area contributed by atoms with Crippen LogP contribution < -0.4 is 10.6 Å². The lowest BCUT2D eigenvalue weighted by molar-refractivity contribution is -0.138. The molecular formula is C11H21N3O3. The van der Waals surface area contributed by atoms with Crippen molar-refractivity contribution in [1.29, 1.82) is 0 Å². The molecule has 1 heterocycles. The Kier molecular flexibility index (Phi) is 4.89. The number of likely N-dealkylation sites (N-methyl/N-ethyl adjacent to an activating group) is 1. The minimum Gasteiger partial charge on any atom is -0.363 e. The van der Waals surface area contributed by atoms with Crippen molar-refractivity contribution < 1.29 is 14.3 Å². The molecule has 0 aliphatic carbocycles. The molecule has 0 saturated carbocycles. The van der Waals surface area contributed by atoms with Crippen LogP contribution in [0, 0.1) is 0 Å². The molecule has 1 aliphatic heterocycles. The Balaban J connectivity index is 2.15. The van der Waals surface area contributed by atoms with Crippen molar-refractivity contribution in [3.63, 3.8) is 0 Å². The predicted octanol–water partition coefficient (Wildman–Crippen LogP) is -1.04. The van der Waals surface area contributed by atoms with Crippen LogP contribution in [-0.2, 0) is 14.3 Å². The van der Waals surface area contributed by atoms with Gasteiger partial charge in [0.1, 0.15) is 6.61 Å². The fourth-order valence-corrected chi connectivity index (χ4v) is 1.36. The van der Waals surface area contributed by atoms with Crippen LogP contribution in [0.1, 0.15) is 13.8 Å². The third-order valence-electron chi connectivity index (χ3n) is 2.89. The van der Waals surface area contributed by atoms with Gasteiger partial charge in [0.25, 0.3) is 0 Å². The molecule has 0 unspecified atom stereocenters. The molecule has 6 heteroatoms. The zero-order chi connectivity index (χ0) is 12.9. The second-order valence-corrected chi connectivity index (χ2v) is 4.53. The fourth-order valence-electron chi connectivity index (χ4n) is 1.36. The van der Waals surface area contributed by atoms with Crippen LogP contribution in [0.5, 0.6) is 0 Å². The standard InChI is InChI=1S/C11H21N3O3/c1-4-14(3)10(16)5-13-9(15)6-17-11(2)7-12-8-11/h12H,4-8H2,1-3H3,(H,13,15). The summed E-state index contributed by atoms with van der Waals surface area (Å²) in [6, 6.07) is 0. The molecule has 0 spiro atoms. The maximum atomic E-state index is 11.4. The van der Waals surface area contributed by atoms with Gasteiger partial charge in [-0.3, -0.25) is 9.59 Å². The summed E-state index contributed by atoms with van der Waals surface area (Å²) in [6.07, 6.45) is 0. The molecule has 1 rings (SSSR count). The van der Waals surface area contributed by atoms with Gasteiger partial charge in [0, 0.05) is 26.7 Å². The third kappa shape index (κ3) is 4.32. The highest BCUT2D eigenvalue weighted by atomic mass is 16.5. The van der Waals surface area contributed by atoms with Crippen molar-refractivity contribution in [1.82, 2.24) is 15.5 Å². The summed E-state index contributed by atoms with van der Waals surface area (Å²) in [5.74, 6) is -0.353. The lowest BCUT2D eigenvalue weighted by Crippen LogP contribution is -2.59. The number of carbonyl (C=O) groups excluding carboxylic acids is 2. The maximum Gasteiger partial charge on any atom is 0.246 e. The summed E-state index contributed by atoms with van der Waals surface area (Å²) < 4.78 is 5.45. The van der Waals surface area contributed by atoms with Gasteiger partial charge in [-0.25, -0.2) is 0 Å². The zero-order valence-corrected chi connectivity index (χ0v) is 10.7. The first-order chi connectivity index (χ1) is 7.97. The van der Waals surface area contributed by atoms with E-state index in [1.807, 2.05) is 13.8 Å². The van der Waals surface area contributed by atoms with Crippen LogP contribution in [0.25, 0.3) is 0 Å². The minimum atomic E-state index is -0.254. The van der Waals surface area contributed by atoms with Crippen molar-refractivity contribution >= 4 is 11.8 Å². The maximum absolute atomic E-state index is 11.4. The van der Waals surface area contributed by atoms with E-state index in [9.17, 15) is 9.59 Å². The molecule has 0 radical (unpaired) electrons. The number of carbonyl (C=O) groups is 2. The molecule has 0 aromatic carbocycles. The Bertz CT molecular complexity index is 290. The summed E-state index contributed by atoms with van der Waals surface area (Å²) >= 11 is 0. The molecule has 0 bridgehead atoms. The molecule has 0 aromatic rings. The molecule has 2 amide bonds. The normalized spacial score (nSPS) is 17.1. The molecule has 6 nitrogen and oxygen atoms in total. The minimum absolute atomic E-state index is 0.00129. The Morgan fingerprint density at radius 3 is 2.59 bits per heavy atom. The van der Waals surface area contributed by atoms with E-state index < -0.39 is 0 Å². The van der Waals surface area contributed by atoms with E-state index in [0.717, 1.165) is 13.1 Å². The summed E-state index contributed by atoms with van der Waals surface area (Å²) in [4.78, 5) is 24.4. The summed E-state index contributed by atoms with van der Waals surface area (Å²) in [5.41, 5.74) is -0.235. The number of hydrogen-bond acceptors (Lipinski definition) is 4. The van der Waals surface area contributed by atoms with E-state index >= 15 is 0 Å². The van der Waals surface area contributed by atoms with Crippen LogP contribution in [0.2, 0.25) is 0 Å². The number of nitrogens with zero attached hydrogens (tertiary/aromatic N) is 1. The van der Waals surface area contributed by atoms with Crippen molar-refractivity contribution in [3.05, 3.63) is 0 Å². The van der Waals surface area contributed by atoms with Gasteiger partial charge in [0.2, 0.25) is 11.8 Å². The van der Waals surface area contributed by atoms with Gasteiger partial charge in [-0.1, -0.05) is 0 Å². The molecule has 1 saturated heterocycles. The van der Waals surface area contributed by atoms with Gasteiger partial charge in [0.05, 0.1) is 12.1 Å². The van der Waals surface area contributed by atoms with Crippen LogP contribution in [0.4, 0.5) is 0 Å². The van der Waals surface area contributed by atoms with Crippen molar-refractivity contribution in [2.45, 2.75) is 19.4 Å². The van der Waals surface area contributed by atoms with Gasteiger partial charge in [-0.2, -0.15) is 0 Å². The van der Waals surface area contributed by atoms with E-state index in [-0.39, 0.29) is 30.6 Å². The number of rotatable bonds is 6. The first kappa shape index (κ1) is 13.9. The summed E-state index contributed by atoms with van der Waals surface area (Å²) in [5, 5.41) is 5.62. The summed E-state index contributed by atoms with van der Waals surface area (Å²) in [6.45, 7) is 6.02. The monoisotopic (exact) mass is 243 g/mol. The van der Waals surface area contributed by atoms with Gasteiger partial charge >= 0.3 is 0 Å². The zero-order valence-electron chi connectivity index (χ0n) is 10.7. The summed E-state index contributed by atoms with van der Waals surface area (Å²) in [7, 11) is 1.70. The van der Waals surface area contributed by atoms with Gasteiger partial charge in [0.15, 0.2) is 0 Å². The highest BCUT2D eigenvalue weighted by molar-refractivity contribution is 5.85. The molecule has 98 valence electrons. The lowest BCUT2D eigenvalue weighted by atomic mass is 10.0. The Labute approximate surface area is 102 Å². The largest absolute Gasteiger partial charge is 0.363 e. The Hall–Kier alpha value is -1.14. The van der Waals surface area contributed by atoms with Gasteiger partial charge in [-0.05, 0) is 13.8 Å². The molecular weight excluding hydrogens is 222 g/mol. The van der Waals surface area contributed by atoms with E-state index in [4.69, 9.17) is 4.74 Å². The van der Waals surface area contributed by atoms with Crippen LogP contribution >= 0.6 is 0 Å². The number of ether oxygens (including phenoxy) is 1. The number of nitrogens with one attached hydrogen (secondary N) is 2. The molecule has 1 fully saturated rings. The van der Waals surface area contributed by atoms with Crippen molar-refractivity contribution in [2.75, 3.05) is 39.8 Å². The van der Waals surface area contributed by atoms with E-state index in [1.165, 1.54) is 0 Å². The SMILES string of the molecule is CCN(C)C(=O)CNC(=O)COC1(C)CNC1. The highest BCUT2D eigenvalue weighted by Gasteiger charge is 2.32. The highest BCUT2D eigenvalue weighted by Crippen LogP contribution is 2.14. The van der Waals surface area contributed by atoms with Crippen LogP contribution in [0.3, 0.4) is 0 Å². The average Bonchev–Trinajstić information content (AvgIpc) is 2.29. The number of hydrogen-bond donors (Lipinski definition) is 2. The fraction of sp³-hybridized carbons (Fsp3) is 0.818. The average molecular weight is 243 g/mol. The van der Waals surface area contributed by atoms with Crippen molar-refractivity contribution in [2.24, 2.45) is 0 Å². The third-order valence-corrected chi connectivity index (χ3v) is 2.89. The van der Waals surface area contributed by atoms with Gasteiger partial charge < -0.3 is 20.3 Å². The molecule has 17 heavy (non-hydrogen) atoms. The topological polar surface area (TPSA) is 70.7 Å². The predicted molar refractivity (Wildman–Crippen MR) is 63.5 cm³/mol. The Morgan fingerprint density at radius 1 is 1.47 bits per heavy atom. The molecule has 2 N–H and O–H groups in total. The molecule has 0 atom stereocenters. The first-order valence-electron chi connectivity index (χ1n) is 5.82. The van der Waals surface area contributed by atoms with Crippen LogP contribution in [0.15, 0.2) is 0 Å². The Morgan fingerprint density at radius 2 is 2.12 bits per heavy atom. The van der Waals surface area contributed by atoms with Crippen molar-refractivity contribution in [3.8, 4) is 0 Å². The molecule has 1 aliphatic rings. The first-order valence-corrected chi connectivity index (χ1v) is 5.82. The second kappa shape index (κ2) is 5.97. The van der Waals surface area contributed by atoms with E-state index in [2.05, 4.69) is 10.6 Å².